The van der Waals surface area contributed by atoms with Gasteiger partial charge in [0.2, 0.25) is 0 Å². The number of hydrogen-bond donors (Lipinski definition) is 2. The van der Waals surface area contributed by atoms with Gasteiger partial charge in [-0.1, -0.05) is 0 Å². The van der Waals surface area contributed by atoms with Crippen molar-refractivity contribution in [2.24, 2.45) is 0 Å². The van der Waals surface area contributed by atoms with Crippen LogP contribution in [0.3, 0.4) is 0 Å². The van der Waals surface area contributed by atoms with Crippen LogP contribution < -0.4 is 5.32 Å². The number of rotatable bonds is 3. The molecule has 1 saturated heterocycles. The fourth-order valence-corrected chi connectivity index (χ4v) is 1.11. The van der Waals surface area contributed by atoms with Crippen molar-refractivity contribution in [2.75, 3.05) is 19.8 Å². The van der Waals surface area contributed by atoms with Crippen LogP contribution in [-0.2, 0) is 19.1 Å². The average molecular weight is 257 g/mol. The third-order valence-electron chi connectivity index (χ3n) is 1.99. The number of hydrogen-bond acceptors (Lipinski definition) is 4. The van der Waals surface area contributed by atoms with Gasteiger partial charge in [0.05, 0.1) is 19.3 Å². The maximum atomic E-state index is 11.8. The summed E-state index contributed by atoms with van der Waals surface area (Å²) in [4.78, 5) is 20.9. The van der Waals surface area contributed by atoms with Gasteiger partial charge in [0.1, 0.15) is 0 Å². The van der Waals surface area contributed by atoms with Crippen LogP contribution in [0, 0.1) is 0 Å². The van der Waals surface area contributed by atoms with Crippen LogP contribution in [0.5, 0.6) is 0 Å². The van der Waals surface area contributed by atoms with Crippen LogP contribution >= 0.6 is 0 Å². The zero-order chi connectivity index (χ0) is 13.1. The quantitative estimate of drug-likeness (QED) is 0.714. The molecule has 1 aliphatic rings. The molecule has 0 aromatic heterocycles. The molecule has 1 aliphatic heterocycles. The molecule has 9 heteroatoms. The van der Waals surface area contributed by atoms with Crippen LogP contribution in [0.1, 0.15) is 0 Å². The van der Waals surface area contributed by atoms with E-state index in [4.69, 9.17) is 14.6 Å². The number of alkyl halides is 3. The Labute approximate surface area is 93.7 Å². The van der Waals surface area contributed by atoms with Gasteiger partial charge in [-0.05, 0) is 0 Å². The largest absolute Gasteiger partial charge is 0.479 e. The zero-order valence-corrected chi connectivity index (χ0v) is 8.49. The Bertz CT molecular complexity index is 298. The molecule has 0 aromatic rings. The van der Waals surface area contributed by atoms with E-state index < -0.39 is 30.3 Å². The molecular weight excluding hydrogens is 247 g/mol. The number of halogens is 3. The maximum Gasteiger partial charge on any atom is 0.471 e. The number of amides is 1. The number of ether oxygens (including phenoxy) is 2. The molecular formula is C8H10F3NO5. The van der Waals surface area contributed by atoms with Gasteiger partial charge in [-0.2, -0.15) is 13.2 Å². The molecule has 98 valence electrons. The van der Waals surface area contributed by atoms with E-state index >= 15 is 0 Å². The standard InChI is InChI=1S/C8H10F3NO5/c9-8(10,11)7(15)12-1-4-2-17-5(3-16-4)6(13)14/h4-5H,1-3H2,(H,12,15)(H,13,14)/t4-,5-/m0/s1. The van der Waals surface area contributed by atoms with Crippen molar-refractivity contribution in [1.82, 2.24) is 5.32 Å². The zero-order valence-electron chi connectivity index (χ0n) is 8.49. The molecule has 0 bridgehead atoms. The van der Waals surface area contributed by atoms with Crippen molar-refractivity contribution in [3.05, 3.63) is 0 Å². The average Bonchev–Trinajstić information content (AvgIpc) is 2.25. The summed E-state index contributed by atoms with van der Waals surface area (Å²) < 4.78 is 45.2. The Morgan fingerprint density at radius 1 is 1.29 bits per heavy atom. The fraction of sp³-hybridized carbons (Fsp3) is 0.750. The highest BCUT2D eigenvalue weighted by Crippen LogP contribution is 2.14. The first kappa shape index (κ1) is 13.7. The van der Waals surface area contributed by atoms with Crippen molar-refractivity contribution in [2.45, 2.75) is 18.4 Å². The summed E-state index contributed by atoms with van der Waals surface area (Å²) in [7, 11) is 0. The van der Waals surface area contributed by atoms with Crippen molar-refractivity contribution in [1.29, 1.82) is 0 Å². The van der Waals surface area contributed by atoms with Crippen LogP contribution in [0.4, 0.5) is 13.2 Å². The number of aliphatic carboxylic acids is 1. The van der Waals surface area contributed by atoms with Crippen molar-refractivity contribution in [3.63, 3.8) is 0 Å². The van der Waals surface area contributed by atoms with Gasteiger partial charge in [0.15, 0.2) is 6.10 Å². The van der Waals surface area contributed by atoms with Crippen molar-refractivity contribution < 1.29 is 37.3 Å². The predicted molar refractivity (Wildman–Crippen MR) is 46.2 cm³/mol. The van der Waals surface area contributed by atoms with Gasteiger partial charge in [-0.15, -0.1) is 0 Å². The molecule has 0 unspecified atom stereocenters. The lowest BCUT2D eigenvalue weighted by molar-refractivity contribution is -0.180. The monoisotopic (exact) mass is 257 g/mol. The number of carbonyl (C=O) groups excluding carboxylic acids is 1. The number of nitrogens with one attached hydrogen (secondary N) is 1. The van der Waals surface area contributed by atoms with E-state index in [1.165, 1.54) is 0 Å². The minimum atomic E-state index is -4.95. The van der Waals surface area contributed by atoms with Gasteiger partial charge in [-0.3, -0.25) is 4.79 Å². The van der Waals surface area contributed by atoms with Gasteiger partial charge in [0.25, 0.3) is 0 Å². The summed E-state index contributed by atoms with van der Waals surface area (Å²) in [5, 5.41) is 10.1. The fourth-order valence-electron chi connectivity index (χ4n) is 1.11. The van der Waals surface area contributed by atoms with E-state index in [1.807, 2.05) is 0 Å². The summed E-state index contributed by atoms with van der Waals surface area (Å²) >= 11 is 0. The lowest BCUT2D eigenvalue weighted by atomic mass is 10.3. The van der Waals surface area contributed by atoms with E-state index in [9.17, 15) is 22.8 Å². The lowest BCUT2D eigenvalue weighted by Gasteiger charge is -2.27. The summed E-state index contributed by atoms with van der Waals surface area (Å²) in [6, 6.07) is 0. The topological polar surface area (TPSA) is 84.9 Å². The smallest absolute Gasteiger partial charge is 0.471 e. The van der Waals surface area contributed by atoms with E-state index in [-0.39, 0.29) is 19.8 Å². The predicted octanol–water partition coefficient (Wildman–Crippen LogP) is -0.467. The number of carboxylic acids is 1. The highest BCUT2D eigenvalue weighted by molar-refractivity contribution is 5.81. The highest BCUT2D eigenvalue weighted by atomic mass is 19.4. The number of carboxylic acid groups (broad SMARTS) is 1. The van der Waals surface area contributed by atoms with E-state index in [0.717, 1.165) is 0 Å². The Morgan fingerprint density at radius 3 is 2.35 bits per heavy atom. The summed E-state index contributed by atoms with van der Waals surface area (Å²) in [6.07, 6.45) is -6.85. The van der Waals surface area contributed by atoms with Gasteiger partial charge in [0, 0.05) is 6.54 Å². The van der Waals surface area contributed by atoms with Crippen molar-refractivity contribution in [3.8, 4) is 0 Å². The molecule has 0 radical (unpaired) electrons. The van der Waals surface area contributed by atoms with Gasteiger partial charge in [-0.25, -0.2) is 4.79 Å². The maximum absolute atomic E-state index is 11.8. The third-order valence-corrected chi connectivity index (χ3v) is 1.99. The third kappa shape index (κ3) is 4.19. The molecule has 1 rings (SSSR count). The summed E-state index contributed by atoms with van der Waals surface area (Å²) in [6.45, 7) is -0.832. The highest BCUT2D eigenvalue weighted by Gasteiger charge is 2.39. The first-order valence-corrected chi connectivity index (χ1v) is 4.61. The minimum absolute atomic E-state index is 0.185. The SMILES string of the molecule is O=C(O)[C@@H]1CO[C@@H](CNC(=O)C(F)(F)F)CO1. The molecule has 1 heterocycles. The second kappa shape index (κ2) is 5.32. The molecule has 6 nitrogen and oxygen atoms in total. The van der Waals surface area contributed by atoms with Gasteiger partial charge < -0.3 is 19.9 Å². The first-order valence-electron chi connectivity index (χ1n) is 4.61. The molecule has 17 heavy (non-hydrogen) atoms. The van der Waals surface area contributed by atoms with Crippen LogP contribution in [0.25, 0.3) is 0 Å². The summed E-state index contributed by atoms with van der Waals surface area (Å²) in [5.74, 6) is -3.27. The molecule has 0 aromatic carbocycles. The van der Waals surface area contributed by atoms with Crippen LogP contribution in [0.15, 0.2) is 0 Å². The Balaban J connectivity index is 2.28. The molecule has 0 spiro atoms. The van der Waals surface area contributed by atoms with Crippen LogP contribution in [-0.4, -0.2) is 55.1 Å². The Hall–Kier alpha value is -1.35. The Morgan fingerprint density at radius 2 is 1.94 bits per heavy atom. The van der Waals surface area contributed by atoms with E-state index in [0.29, 0.717) is 0 Å². The van der Waals surface area contributed by atoms with E-state index in [1.54, 1.807) is 5.32 Å². The minimum Gasteiger partial charge on any atom is -0.479 e. The first-order chi connectivity index (χ1) is 7.80. The Kier molecular flexibility index (Phi) is 4.29. The number of carbonyl (C=O) groups is 2. The summed E-state index contributed by atoms with van der Waals surface area (Å²) in [5.41, 5.74) is 0. The molecule has 0 aliphatic carbocycles. The molecule has 2 N–H and O–H groups in total. The normalized spacial score (nSPS) is 25.4. The second-order valence-electron chi connectivity index (χ2n) is 3.32. The molecule has 2 atom stereocenters. The lowest BCUT2D eigenvalue weighted by Crippen LogP contribution is -2.47. The van der Waals surface area contributed by atoms with Crippen molar-refractivity contribution >= 4 is 11.9 Å². The molecule has 1 amide bonds. The van der Waals surface area contributed by atoms with Crippen LogP contribution in [0.2, 0.25) is 0 Å². The molecule has 1 fully saturated rings. The molecule has 0 saturated carbocycles. The van der Waals surface area contributed by atoms with E-state index in [2.05, 4.69) is 0 Å². The van der Waals surface area contributed by atoms with Gasteiger partial charge >= 0.3 is 18.1 Å². The second-order valence-corrected chi connectivity index (χ2v) is 3.32.